The van der Waals surface area contributed by atoms with Crippen molar-refractivity contribution in [3.63, 3.8) is 0 Å². The standard InChI is InChI=1S/C21H26N2O4/c1-24-18-6-3-16(4-7-18)19-8-5-17(20(22-19)25-2)15-23-11-9-21(10-12-23)26-13-14-27-21/h3-8H,9-15H2,1-2H3. The van der Waals surface area contributed by atoms with Crippen LogP contribution in [0.25, 0.3) is 11.3 Å². The van der Waals surface area contributed by atoms with Crippen molar-refractivity contribution in [1.29, 1.82) is 0 Å². The van der Waals surface area contributed by atoms with Gasteiger partial charge in [-0.05, 0) is 30.3 Å². The number of ether oxygens (including phenoxy) is 4. The van der Waals surface area contributed by atoms with Gasteiger partial charge in [0.2, 0.25) is 5.88 Å². The van der Waals surface area contributed by atoms with Gasteiger partial charge in [0.1, 0.15) is 5.75 Å². The molecule has 27 heavy (non-hydrogen) atoms. The molecule has 0 amide bonds. The summed E-state index contributed by atoms with van der Waals surface area (Å²) >= 11 is 0. The van der Waals surface area contributed by atoms with Crippen molar-refractivity contribution in [2.45, 2.75) is 25.2 Å². The predicted octanol–water partition coefficient (Wildman–Crippen LogP) is 3.10. The number of aromatic nitrogens is 1. The maximum Gasteiger partial charge on any atom is 0.218 e. The van der Waals surface area contributed by atoms with E-state index in [0.717, 1.165) is 55.0 Å². The van der Waals surface area contributed by atoms with Gasteiger partial charge in [0.05, 0.1) is 33.1 Å². The Labute approximate surface area is 160 Å². The van der Waals surface area contributed by atoms with E-state index < -0.39 is 0 Å². The zero-order chi connectivity index (χ0) is 18.7. The van der Waals surface area contributed by atoms with Crippen LogP contribution in [0.15, 0.2) is 36.4 Å². The lowest BCUT2D eigenvalue weighted by atomic mass is 10.0. The van der Waals surface area contributed by atoms with Crippen LogP contribution in [-0.2, 0) is 16.0 Å². The van der Waals surface area contributed by atoms with Gasteiger partial charge < -0.3 is 18.9 Å². The van der Waals surface area contributed by atoms with Gasteiger partial charge in [-0.15, -0.1) is 0 Å². The van der Waals surface area contributed by atoms with E-state index in [-0.39, 0.29) is 5.79 Å². The van der Waals surface area contributed by atoms with E-state index in [1.54, 1.807) is 14.2 Å². The molecule has 1 aromatic heterocycles. The van der Waals surface area contributed by atoms with E-state index in [1.165, 1.54) is 0 Å². The average Bonchev–Trinajstić information content (AvgIpc) is 3.18. The van der Waals surface area contributed by atoms with E-state index in [4.69, 9.17) is 23.9 Å². The van der Waals surface area contributed by atoms with Crippen LogP contribution in [0.1, 0.15) is 18.4 Å². The van der Waals surface area contributed by atoms with Crippen LogP contribution >= 0.6 is 0 Å². The number of benzene rings is 1. The van der Waals surface area contributed by atoms with Gasteiger partial charge in [-0.2, -0.15) is 0 Å². The zero-order valence-electron chi connectivity index (χ0n) is 15.9. The Balaban J connectivity index is 1.45. The molecule has 2 saturated heterocycles. The van der Waals surface area contributed by atoms with Gasteiger partial charge in [-0.1, -0.05) is 6.07 Å². The summed E-state index contributed by atoms with van der Waals surface area (Å²) in [4.78, 5) is 7.12. The SMILES string of the molecule is COc1ccc(-c2ccc(CN3CCC4(CC3)OCCO4)c(OC)n2)cc1. The predicted molar refractivity (Wildman–Crippen MR) is 102 cm³/mol. The molecule has 2 aromatic rings. The van der Waals surface area contributed by atoms with Crippen LogP contribution in [0, 0.1) is 0 Å². The van der Waals surface area contributed by atoms with Gasteiger partial charge in [0.25, 0.3) is 0 Å². The molecule has 2 fully saturated rings. The van der Waals surface area contributed by atoms with Crippen molar-refractivity contribution >= 4 is 0 Å². The molecule has 0 bridgehead atoms. The van der Waals surface area contributed by atoms with Crippen LogP contribution in [0.4, 0.5) is 0 Å². The quantitative estimate of drug-likeness (QED) is 0.806. The van der Waals surface area contributed by atoms with Crippen molar-refractivity contribution in [3.05, 3.63) is 42.0 Å². The first-order chi connectivity index (χ1) is 13.2. The minimum atomic E-state index is -0.336. The van der Waals surface area contributed by atoms with Crippen LogP contribution in [-0.4, -0.2) is 56.2 Å². The summed E-state index contributed by atoms with van der Waals surface area (Å²) in [5.74, 6) is 1.18. The second kappa shape index (κ2) is 7.84. The molecule has 0 radical (unpaired) electrons. The molecular weight excluding hydrogens is 344 g/mol. The highest BCUT2D eigenvalue weighted by Crippen LogP contribution is 2.33. The fourth-order valence-corrected chi connectivity index (χ4v) is 3.77. The fraction of sp³-hybridized carbons (Fsp3) is 0.476. The van der Waals surface area contributed by atoms with Crippen molar-refractivity contribution in [1.82, 2.24) is 9.88 Å². The minimum absolute atomic E-state index is 0.336. The largest absolute Gasteiger partial charge is 0.497 e. The second-order valence-corrected chi connectivity index (χ2v) is 6.98. The van der Waals surface area contributed by atoms with E-state index in [9.17, 15) is 0 Å². The van der Waals surface area contributed by atoms with Gasteiger partial charge >= 0.3 is 0 Å². The van der Waals surface area contributed by atoms with E-state index in [0.29, 0.717) is 19.1 Å². The number of pyridine rings is 1. The van der Waals surface area contributed by atoms with Crippen molar-refractivity contribution in [2.24, 2.45) is 0 Å². The number of hydrogen-bond acceptors (Lipinski definition) is 6. The van der Waals surface area contributed by atoms with Crippen LogP contribution < -0.4 is 9.47 Å². The maximum absolute atomic E-state index is 5.81. The van der Waals surface area contributed by atoms with E-state index >= 15 is 0 Å². The third-order valence-electron chi connectivity index (χ3n) is 5.34. The molecule has 0 aliphatic carbocycles. The number of piperidine rings is 1. The Bertz CT molecular complexity index is 762. The fourth-order valence-electron chi connectivity index (χ4n) is 3.77. The maximum atomic E-state index is 5.81. The molecule has 1 spiro atoms. The highest BCUT2D eigenvalue weighted by atomic mass is 16.7. The molecule has 0 unspecified atom stereocenters. The lowest BCUT2D eigenvalue weighted by Crippen LogP contribution is -2.44. The summed E-state index contributed by atoms with van der Waals surface area (Å²) in [6.45, 7) is 4.14. The average molecular weight is 370 g/mol. The Morgan fingerprint density at radius 1 is 0.963 bits per heavy atom. The lowest BCUT2D eigenvalue weighted by molar-refractivity contribution is -0.185. The zero-order valence-corrected chi connectivity index (χ0v) is 15.9. The summed E-state index contributed by atoms with van der Waals surface area (Å²) in [6, 6.07) is 12.0. The molecule has 1 aromatic carbocycles. The highest BCUT2D eigenvalue weighted by Gasteiger charge is 2.39. The van der Waals surface area contributed by atoms with Gasteiger partial charge in [-0.3, -0.25) is 4.90 Å². The molecule has 0 atom stereocenters. The smallest absolute Gasteiger partial charge is 0.218 e. The summed E-state index contributed by atoms with van der Waals surface area (Å²) in [5.41, 5.74) is 3.03. The topological polar surface area (TPSA) is 53.1 Å². The first-order valence-corrected chi connectivity index (χ1v) is 9.40. The van der Waals surface area contributed by atoms with Crippen LogP contribution in [0.5, 0.6) is 11.6 Å². The molecule has 3 heterocycles. The summed E-state index contributed by atoms with van der Waals surface area (Å²) in [5, 5.41) is 0. The second-order valence-electron chi connectivity index (χ2n) is 6.98. The minimum Gasteiger partial charge on any atom is -0.497 e. The molecule has 6 heteroatoms. The number of hydrogen-bond donors (Lipinski definition) is 0. The van der Waals surface area contributed by atoms with Crippen molar-refractivity contribution in [2.75, 3.05) is 40.5 Å². The molecule has 4 rings (SSSR count). The van der Waals surface area contributed by atoms with Gasteiger partial charge in [-0.25, -0.2) is 4.98 Å². The third-order valence-corrected chi connectivity index (χ3v) is 5.34. The van der Waals surface area contributed by atoms with Gasteiger partial charge in [0.15, 0.2) is 5.79 Å². The molecular formula is C21H26N2O4. The molecule has 6 nitrogen and oxygen atoms in total. The molecule has 144 valence electrons. The Kier molecular flexibility index (Phi) is 5.29. The highest BCUT2D eigenvalue weighted by molar-refractivity contribution is 5.61. The van der Waals surface area contributed by atoms with E-state index in [1.807, 2.05) is 30.3 Å². The normalized spacial score (nSPS) is 19.3. The van der Waals surface area contributed by atoms with Crippen molar-refractivity contribution < 1.29 is 18.9 Å². The monoisotopic (exact) mass is 370 g/mol. The first kappa shape index (κ1) is 18.2. The summed E-state index contributed by atoms with van der Waals surface area (Å²) in [6.07, 6.45) is 1.82. The molecule has 0 N–H and O–H groups in total. The third kappa shape index (κ3) is 3.93. The molecule has 0 saturated carbocycles. The van der Waals surface area contributed by atoms with Crippen LogP contribution in [0.3, 0.4) is 0 Å². The lowest BCUT2D eigenvalue weighted by Gasteiger charge is -2.37. The number of methoxy groups -OCH3 is 2. The number of rotatable bonds is 5. The van der Waals surface area contributed by atoms with E-state index in [2.05, 4.69) is 11.0 Å². The van der Waals surface area contributed by atoms with Crippen LogP contribution in [0.2, 0.25) is 0 Å². The number of likely N-dealkylation sites (tertiary alicyclic amines) is 1. The van der Waals surface area contributed by atoms with Gasteiger partial charge in [0, 0.05) is 43.6 Å². The Hall–Kier alpha value is -2.15. The Morgan fingerprint density at radius 2 is 1.67 bits per heavy atom. The summed E-state index contributed by atoms with van der Waals surface area (Å²) < 4.78 is 22.4. The Morgan fingerprint density at radius 3 is 2.30 bits per heavy atom. The summed E-state index contributed by atoms with van der Waals surface area (Å²) in [7, 11) is 3.34. The number of nitrogens with zero attached hydrogens (tertiary/aromatic N) is 2. The first-order valence-electron chi connectivity index (χ1n) is 9.40. The molecule has 2 aliphatic rings. The van der Waals surface area contributed by atoms with Crippen molar-refractivity contribution in [3.8, 4) is 22.9 Å². The molecule has 2 aliphatic heterocycles.